The monoisotopic (exact) mass is 400 g/mol. The van der Waals surface area contributed by atoms with Gasteiger partial charge in [0.15, 0.2) is 0 Å². The molecule has 0 heterocycles. The van der Waals surface area contributed by atoms with E-state index in [2.05, 4.69) is 30.9 Å². The first-order valence-electron chi connectivity index (χ1n) is 9.98. The van der Waals surface area contributed by atoms with E-state index in [0.717, 1.165) is 19.3 Å². The van der Waals surface area contributed by atoms with Gasteiger partial charge >= 0.3 is 6.18 Å². The molecule has 0 saturated carbocycles. The van der Waals surface area contributed by atoms with Crippen molar-refractivity contribution in [3.63, 3.8) is 0 Å². The van der Waals surface area contributed by atoms with Crippen LogP contribution < -0.4 is 0 Å². The number of alkyl halides is 3. The molecule has 29 heavy (non-hydrogen) atoms. The number of benzene rings is 2. The van der Waals surface area contributed by atoms with Crippen LogP contribution in [0.3, 0.4) is 0 Å². The quantitative estimate of drug-likeness (QED) is 0.447. The number of halogens is 3. The topological polar surface area (TPSA) is 9.23 Å². The van der Waals surface area contributed by atoms with Gasteiger partial charge < -0.3 is 4.74 Å². The first kappa shape index (κ1) is 21.4. The average molecular weight is 400 g/mol. The largest absolute Gasteiger partial charge is 0.416 e. The molecule has 2 aromatic carbocycles. The van der Waals surface area contributed by atoms with Gasteiger partial charge in [0.25, 0.3) is 0 Å². The Morgan fingerprint density at radius 3 is 2.52 bits per heavy atom. The van der Waals surface area contributed by atoms with Crippen LogP contribution in [0.2, 0.25) is 0 Å². The zero-order valence-corrected chi connectivity index (χ0v) is 16.7. The van der Waals surface area contributed by atoms with Crippen molar-refractivity contribution in [2.45, 2.75) is 50.3 Å². The smallest absolute Gasteiger partial charge is 0.373 e. The molecule has 0 spiro atoms. The standard InChI is InChI=1S/C25H27F3O/c1-3-10-20-15-21(17-23(16-20)25(26,27)28)19(2)29-18-24(13-8-5-9-14-24)22-11-6-4-7-12-22/h3-8,11-12,15-17,19H,1,9-10,13-14,18H2,2H3. The van der Waals surface area contributed by atoms with Crippen LogP contribution in [-0.2, 0) is 22.7 Å². The zero-order valence-electron chi connectivity index (χ0n) is 16.7. The summed E-state index contributed by atoms with van der Waals surface area (Å²) in [5, 5.41) is 0. The number of rotatable bonds is 7. The average Bonchev–Trinajstić information content (AvgIpc) is 2.73. The van der Waals surface area contributed by atoms with Gasteiger partial charge in [0, 0.05) is 5.41 Å². The van der Waals surface area contributed by atoms with E-state index in [9.17, 15) is 13.2 Å². The molecule has 0 saturated heterocycles. The van der Waals surface area contributed by atoms with Crippen LogP contribution >= 0.6 is 0 Å². The van der Waals surface area contributed by atoms with Crippen molar-refractivity contribution in [3.8, 4) is 0 Å². The molecule has 0 N–H and O–H groups in total. The molecule has 0 radical (unpaired) electrons. The lowest BCUT2D eigenvalue weighted by Crippen LogP contribution is -2.33. The lowest BCUT2D eigenvalue weighted by atomic mass is 9.72. The summed E-state index contributed by atoms with van der Waals surface area (Å²) in [6, 6.07) is 14.4. The van der Waals surface area contributed by atoms with Gasteiger partial charge in [0.1, 0.15) is 0 Å². The van der Waals surface area contributed by atoms with Crippen LogP contribution in [0.15, 0.2) is 73.3 Å². The number of hydrogen-bond donors (Lipinski definition) is 0. The Kier molecular flexibility index (Phi) is 6.63. The fourth-order valence-corrected chi connectivity index (χ4v) is 3.94. The van der Waals surface area contributed by atoms with Gasteiger partial charge in [-0.1, -0.05) is 54.6 Å². The Morgan fingerprint density at radius 2 is 1.90 bits per heavy atom. The van der Waals surface area contributed by atoms with Gasteiger partial charge in [0.2, 0.25) is 0 Å². The van der Waals surface area contributed by atoms with Gasteiger partial charge in [-0.3, -0.25) is 0 Å². The molecule has 0 aromatic heterocycles. The van der Waals surface area contributed by atoms with Crippen molar-refractivity contribution in [2.75, 3.05) is 6.61 Å². The SMILES string of the molecule is C=CCc1cc(C(C)OCC2(c3ccccc3)CC=CCC2)cc(C(F)(F)F)c1. The minimum Gasteiger partial charge on any atom is -0.373 e. The molecule has 2 atom stereocenters. The Morgan fingerprint density at radius 1 is 1.14 bits per heavy atom. The molecule has 1 nitrogen and oxygen atoms in total. The molecule has 3 rings (SSSR count). The van der Waals surface area contributed by atoms with Crippen LogP contribution in [0, 0.1) is 0 Å². The molecule has 0 bridgehead atoms. The van der Waals surface area contributed by atoms with E-state index in [0.29, 0.717) is 24.2 Å². The maximum absolute atomic E-state index is 13.3. The molecule has 0 fully saturated rings. The van der Waals surface area contributed by atoms with Crippen molar-refractivity contribution in [3.05, 3.63) is 95.6 Å². The van der Waals surface area contributed by atoms with E-state index < -0.39 is 17.8 Å². The molecule has 0 amide bonds. The molecule has 1 aliphatic rings. The van der Waals surface area contributed by atoms with E-state index >= 15 is 0 Å². The summed E-state index contributed by atoms with van der Waals surface area (Å²) in [6.07, 6.45) is 4.35. The maximum Gasteiger partial charge on any atom is 0.416 e. The van der Waals surface area contributed by atoms with E-state index in [4.69, 9.17) is 4.74 Å². The summed E-state index contributed by atoms with van der Waals surface area (Å²) in [7, 11) is 0. The molecule has 2 aromatic rings. The second kappa shape index (κ2) is 9.00. The lowest BCUT2D eigenvalue weighted by molar-refractivity contribution is -0.137. The highest BCUT2D eigenvalue weighted by atomic mass is 19.4. The Labute approximate surface area is 170 Å². The highest BCUT2D eigenvalue weighted by Gasteiger charge is 2.34. The van der Waals surface area contributed by atoms with Crippen molar-refractivity contribution in [2.24, 2.45) is 0 Å². The fraction of sp³-hybridized carbons (Fsp3) is 0.360. The van der Waals surface area contributed by atoms with E-state index in [1.54, 1.807) is 12.1 Å². The Bertz CT molecular complexity index is 854. The molecule has 2 unspecified atom stereocenters. The summed E-state index contributed by atoms with van der Waals surface area (Å²) in [4.78, 5) is 0. The molecule has 4 heteroatoms. The van der Waals surface area contributed by atoms with Crippen molar-refractivity contribution in [1.82, 2.24) is 0 Å². The third-order valence-electron chi connectivity index (χ3n) is 5.65. The molecular weight excluding hydrogens is 373 g/mol. The van der Waals surface area contributed by atoms with E-state index in [1.807, 2.05) is 25.1 Å². The fourth-order valence-electron chi connectivity index (χ4n) is 3.94. The third-order valence-corrected chi connectivity index (χ3v) is 5.65. The molecule has 1 aliphatic carbocycles. The second-order valence-electron chi connectivity index (χ2n) is 7.77. The predicted octanol–water partition coefficient (Wildman–Crippen LogP) is 7.19. The molecule has 0 aliphatic heterocycles. The zero-order chi connectivity index (χ0) is 20.9. The first-order valence-corrected chi connectivity index (χ1v) is 9.98. The maximum atomic E-state index is 13.3. The normalized spacial score (nSPS) is 20.4. The van der Waals surface area contributed by atoms with Crippen LogP contribution in [0.25, 0.3) is 0 Å². The van der Waals surface area contributed by atoms with Gasteiger partial charge in [0.05, 0.1) is 18.3 Å². The highest BCUT2D eigenvalue weighted by Crippen LogP contribution is 2.39. The van der Waals surface area contributed by atoms with Gasteiger partial charge in [-0.2, -0.15) is 13.2 Å². The molecular formula is C25H27F3O. The Balaban J connectivity index is 1.83. The third kappa shape index (κ3) is 5.18. The number of allylic oxidation sites excluding steroid dienone is 3. The van der Waals surface area contributed by atoms with Crippen LogP contribution in [0.1, 0.15) is 54.5 Å². The van der Waals surface area contributed by atoms with Crippen LogP contribution in [0.5, 0.6) is 0 Å². The van der Waals surface area contributed by atoms with Crippen molar-refractivity contribution >= 4 is 0 Å². The van der Waals surface area contributed by atoms with Gasteiger partial charge in [-0.15, -0.1) is 6.58 Å². The molecule has 154 valence electrons. The van der Waals surface area contributed by atoms with Gasteiger partial charge in [-0.05, 0) is 61.4 Å². The highest BCUT2D eigenvalue weighted by molar-refractivity contribution is 5.34. The van der Waals surface area contributed by atoms with Crippen molar-refractivity contribution in [1.29, 1.82) is 0 Å². The predicted molar refractivity (Wildman–Crippen MR) is 111 cm³/mol. The summed E-state index contributed by atoms with van der Waals surface area (Å²) in [6.45, 7) is 5.94. The van der Waals surface area contributed by atoms with Crippen LogP contribution in [0.4, 0.5) is 13.2 Å². The van der Waals surface area contributed by atoms with E-state index in [1.165, 1.54) is 17.7 Å². The summed E-state index contributed by atoms with van der Waals surface area (Å²) < 4.78 is 46.2. The second-order valence-corrected chi connectivity index (χ2v) is 7.77. The minimum absolute atomic E-state index is 0.143. The number of ether oxygens (including phenoxy) is 1. The summed E-state index contributed by atoms with van der Waals surface area (Å²) in [5.74, 6) is 0. The lowest BCUT2D eigenvalue weighted by Gasteiger charge is -2.36. The minimum atomic E-state index is -4.38. The summed E-state index contributed by atoms with van der Waals surface area (Å²) >= 11 is 0. The van der Waals surface area contributed by atoms with Crippen molar-refractivity contribution < 1.29 is 17.9 Å². The first-order chi connectivity index (χ1) is 13.8. The Hall–Kier alpha value is -2.33. The van der Waals surface area contributed by atoms with Gasteiger partial charge in [-0.25, -0.2) is 0 Å². The summed E-state index contributed by atoms with van der Waals surface area (Å²) in [5.41, 5.74) is 1.58. The van der Waals surface area contributed by atoms with E-state index in [-0.39, 0.29) is 5.41 Å². The van der Waals surface area contributed by atoms with Crippen LogP contribution in [-0.4, -0.2) is 6.61 Å². The number of hydrogen-bond acceptors (Lipinski definition) is 1.